The normalized spacial score (nSPS) is 12.1. The lowest BCUT2D eigenvalue weighted by Gasteiger charge is -2.17. The Hall–Kier alpha value is -2.07. The molecule has 0 aliphatic heterocycles. The van der Waals surface area contributed by atoms with Gasteiger partial charge in [0.05, 0.1) is 10.7 Å². The van der Waals surface area contributed by atoms with Gasteiger partial charge < -0.3 is 10.6 Å². The van der Waals surface area contributed by atoms with Crippen LogP contribution in [-0.2, 0) is 4.79 Å². The van der Waals surface area contributed by atoms with Crippen LogP contribution < -0.4 is 10.6 Å². The highest BCUT2D eigenvalue weighted by Gasteiger charge is 2.15. The van der Waals surface area contributed by atoms with Gasteiger partial charge in [-0.15, -0.1) is 0 Å². The Labute approximate surface area is 140 Å². The molecule has 23 heavy (non-hydrogen) atoms. The summed E-state index contributed by atoms with van der Waals surface area (Å²) >= 11 is 5.92. The van der Waals surface area contributed by atoms with Crippen molar-refractivity contribution >= 4 is 28.9 Å². The van der Waals surface area contributed by atoms with E-state index in [1.54, 1.807) is 6.92 Å². The van der Waals surface area contributed by atoms with Crippen molar-refractivity contribution in [3.63, 3.8) is 0 Å². The van der Waals surface area contributed by atoms with Crippen molar-refractivity contribution in [2.75, 3.05) is 10.6 Å². The number of hydrogen-bond acceptors (Lipinski definition) is 2. The molecule has 0 unspecified atom stereocenters. The van der Waals surface area contributed by atoms with Crippen molar-refractivity contribution < 1.29 is 9.18 Å². The van der Waals surface area contributed by atoms with Crippen LogP contribution in [0.25, 0.3) is 0 Å². The fourth-order valence-corrected chi connectivity index (χ4v) is 2.35. The van der Waals surface area contributed by atoms with Crippen LogP contribution in [0.3, 0.4) is 0 Å². The second-order valence-corrected chi connectivity index (χ2v) is 6.17. The van der Waals surface area contributed by atoms with Gasteiger partial charge in [-0.25, -0.2) is 4.39 Å². The molecule has 0 heterocycles. The average molecular weight is 335 g/mol. The molecule has 1 amide bonds. The van der Waals surface area contributed by atoms with Gasteiger partial charge in [0.15, 0.2) is 0 Å². The minimum Gasteiger partial charge on any atom is -0.374 e. The van der Waals surface area contributed by atoms with Gasteiger partial charge in [-0.2, -0.15) is 0 Å². The summed E-state index contributed by atoms with van der Waals surface area (Å²) in [6, 6.07) is 11.4. The Bertz CT molecular complexity index is 703. The zero-order valence-electron chi connectivity index (χ0n) is 13.4. The molecular weight excluding hydrogens is 315 g/mol. The van der Waals surface area contributed by atoms with Gasteiger partial charge in [-0.1, -0.05) is 37.6 Å². The molecule has 0 saturated carbocycles. The van der Waals surface area contributed by atoms with Crippen LogP contribution >= 0.6 is 11.6 Å². The van der Waals surface area contributed by atoms with E-state index in [9.17, 15) is 9.18 Å². The van der Waals surface area contributed by atoms with E-state index in [-0.39, 0.29) is 10.9 Å². The first kappa shape index (κ1) is 17.3. The molecule has 2 rings (SSSR count). The largest absolute Gasteiger partial charge is 0.374 e. The minimum absolute atomic E-state index is 0.173. The molecule has 0 spiro atoms. The van der Waals surface area contributed by atoms with Crippen LogP contribution in [0.4, 0.5) is 15.8 Å². The lowest BCUT2D eigenvalue weighted by atomic mass is 10.0. The van der Waals surface area contributed by atoms with E-state index in [1.807, 2.05) is 18.2 Å². The van der Waals surface area contributed by atoms with E-state index in [0.717, 1.165) is 5.69 Å². The Morgan fingerprint density at radius 1 is 1.13 bits per heavy atom. The maximum Gasteiger partial charge on any atom is 0.246 e. The monoisotopic (exact) mass is 334 g/mol. The molecule has 3 nitrogen and oxygen atoms in total. The third-order valence-corrected chi connectivity index (χ3v) is 3.83. The molecule has 122 valence electrons. The van der Waals surface area contributed by atoms with Crippen LogP contribution in [0.5, 0.6) is 0 Å². The van der Waals surface area contributed by atoms with Crippen LogP contribution in [-0.4, -0.2) is 11.9 Å². The zero-order valence-corrected chi connectivity index (χ0v) is 14.1. The highest BCUT2D eigenvalue weighted by Crippen LogP contribution is 2.23. The van der Waals surface area contributed by atoms with Gasteiger partial charge in [-0.05, 0) is 48.7 Å². The third-order valence-electron chi connectivity index (χ3n) is 3.52. The lowest BCUT2D eigenvalue weighted by molar-refractivity contribution is -0.116. The summed E-state index contributed by atoms with van der Waals surface area (Å²) in [5.74, 6) is -0.267. The molecule has 2 aromatic carbocycles. The molecule has 0 saturated heterocycles. The Morgan fingerprint density at radius 2 is 1.87 bits per heavy atom. The van der Waals surface area contributed by atoms with Crippen molar-refractivity contribution in [2.45, 2.75) is 32.7 Å². The molecule has 1 atom stereocenters. The second-order valence-electron chi connectivity index (χ2n) is 5.76. The smallest absolute Gasteiger partial charge is 0.246 e. The number of amides is 1. The van der Waals surface area contributed by atoms with Gasteiger partial charge >= 0.3 is 0 Å². The number of anilines is 2. The summed E-state index contributed by atoms with van der Waals surface area (Å²) < 4.78 is 13.0. The summed E-state index contributed by atoms with van der Waals surface area (Å²) in [6.07, 6.45) is 0. The fourth-order valence-electron chi connectivity index (χ4n) is 2.13. The zero-order chi connectivity index (χ0) is 17.0. The maximum absolute atomic E-state index is 13.0. The fraction of sp³-hybridized carbons (Fsp3) is 0.278. The van der Waals surface area contributed by atoms with Crippen molar-refractivity contribution in [3.05, 3.63) is 58.9 Å². The average Bonchev–Trinajstić information content (AvgIpc) is 2.50. The van der Waals surface area contributed by atoms with Gasteiger partial charge in [0.2, 0.25) is 5.91 Å². The molecule has 2 N–H and O–H groups in total. The van der Waals surface area contributed by atoms with Crippen molar-refractivity contribution in [3.8, 4) is 0 Å². The van der Waals surface area contributed by atoms with Gasteiger partial charge in [-0.3, -0.25) is 4.79 Å². The predicted octanol–water partition coefficient (Wildman–Crippen LogP) is 5.04. The van der Waals surface area contributed by atoms with E-state index in [2.05, 4.69) is 30.5 Å². The van der Waals surface area contributed by atoms with Crippen LogP contribution in [0.15, 0.2) is 42.5 Å². The number of hydrogen-bond donors (Lipinski definition) is 2. The van der Waals surface area contributed by atoms with Crippen LogP contribution in [0, 0.1) is 5.82 Å². The van der Waals surface area contributed by atoms with Gasteiger partial charge in [0, 0.05) is 5.69 Å². The number of nitrogens with one attached hydrogen (secondary N) is 2. The Balaban J connectivity index is 2.04. The SMILES string of the molecule is CC(C)c1cccc(N[C@@H](C)C(=O)Nc2ccc(F)cc2Cl)c1. The first-order valence-corrected chi connectivity index (χ1v) is 7.87. The molecule has 0 aromatic heterocycles. The summed E-state index contributed by atoms with van der Waals surface area (Å²) in [7, 11) is 0. The summed E-state index contributed by atoms with van der Waals surface area (Å²) in [4.78, 5) is 12.2. The van der Waals surface area contributed by atoms with E-state index < -0.39 is 11.9 Å². The molecule has 0 aliphatic rings. The molecule has 2 aromatic rings. The molecular formula is C18H20ClFN2O. The number of carbonyl (C=O) groups excluding carboxylic acids is 1. The Kier molecular flexibility index (Phi) is 5.61. The van der Waals surface area contributed by atoms with Crippen molar-refractivity contribution in [2.24, 2.45) is 0 Å². The molecule has 0 bridgehead atoms. The lowest BCUT2D eigenvalue weighted by Crippen LogP contribution is -2.32. The van der Waals surface area contributed by atoms with Crippen molar-refractivity contribution in [1.82, 2.24) is 0 Å². The maximum atomic E-state index is 13.0. The van der Waals surface area contributed by atoms with Crippen LogP contribution in [0.2, 0.25) is 5.02 Å². The first-order valence-electron chi connectivity index (χ1n) is 7.49. The molecule has 0 aliphatic carbocycles. The quantitative estimate of drug-likeness (QED) is 0.804. The number of rotatable bonds is 5. The van der Waals surface area contributed by atoms with E-state index in [4.69, 9.17) is 11.6 Å². The van der Waals surface area contributed by atoms with Crippen molar-refractivity contribution in [1.29, 1.82) is 0 Å². The molecule has 0 radical (unpaired) electrons. The number of carbonyl (C=O) groups is 1. The summed E-state index contributed by atoms with van der Waals surface area (Å²) in [6.45, 7) is 5.99. The van der Waals surface area contributed by atoms with E-state index >= 15 is 0 Å². The van der Waals surface area contributed by atoms with E-state index in [1.165, 1.54) is 23.8 Å². The third kappa shape index (κ3) is 4.70. The summed E-state index contributed by atoms with van der Waals surface area (Å²) in [5.41, 5.74) is 2.47. The second kappa shape index (κ2) is 7.47. The standard InChI is InChI=1S/C18H20ClFN2O/c1-11(2)13-5-4-6-15(9-13)21-12(3)18(23)22-17-8-7-14(20)10-16(17)19/h4-12,21H,1-3H3,(H,22,23)/t12-/m0/s1. The molecule has 5 heteroatoms. The Morgan fingerprint density at radius 3 is 2.52 bits per heavy atom. The minimum atomic E-state index is -0.460. The highest BCUT2D eigenvalue weighted by molar-refractivity contribution is 6.33. The topological polar surface area (TPSA) is 41.1 Å². The summed E-state index contributed by atoms with van der Waals surface area (Å²) in [5, 5.41) is 6.03. The highest BCUT2D eigenvalue weighted by atomic mass is 35.5. The predicted molar refractivity (Wildman–Crippen MR) is 93.7 cm³/mol. The number of halogens is 2. The van der Waals surface area contributed by atoms with E-state index in [0.29, 0.717) is 11.6 Å². The first-order chi connectivity index (χ1) is 10.9. The van der Waals surface area contributed by atoms with Crippen LogP contribution in [0.1, 0.15) is 32.3 Å². The van der Waals surface area contributed by atoms with Gasteiger partial charge in [0.1, 0.15) is 11.9 Å². The van der Waals surface area contributed by atoms with Gasteiger partial charge in [0.25, 0.3) is 0 Å². The number of benzene rings is 2. The molecule has 0 fully saturated rings.